The second kappa shape index (κ2) is 12.0. The van der Waals surface area contributed by atoms with Crippen LogP contribution in [0.5, 0.6) is 5.75 Å². The van der Waals surface area contributed by atoms with E-state index in [2.05, 4.69) is 58.1 Å². The van der Waals surface area contributed by atoms with Gasteiger partial charge in [-0.15, -0.1) is 10.2 Å². The van der Waals surface area contributed by atoms with Gasteiger partial charge in [-0.2, -0.15) is 0 Å². The first-order chi connectivity index (χ1) is 17.1. The lowest BCUT2D eigenvalue weighted by Gasteiger charge is -2.36. The largest absolute Gasteiger partial charge is 0.497 e. The van der Waals surface area contributed by atoms with Crippen molar-refractivity contribution in [1.29, 1.82) is 0 Å². The molecule has 0 radical (unpaired) electrons. The minimum atomic E-state index is 0.165. The molecule has 1 amide bonds. The molecule has 0 atom stereocenters. The van der Waals surface area contributed by atoms with E-state index in [1.165, 1.54) is 17.4 Å². The van der Waals surface area contributed by atoms with Gasteiger partial charge < -0.3 is 23.9 Å². The zero-order chi connectivity index (χ0) is 24.6. The second-order valence-corrected chi connectivity index (χ2v) is 9.30. The molecule has 0 unspecified atom stereocenters. The van der Waals surface area contributed by atoms with Gasteiger partial charge in [0.05, 0.1) is 7.11 Å². The number of anilines is 2. The molecular formula is C26H33N5O3S. The maximum atomic E-state index is 12.7. The lowest BCUT2D eigenvalue weighted by Crippen LogP contribution is -2.48. The molecule has 1 aliphatic rings. The Morgan fingerprint density at radius 2 is 1.69 bits per heavy atom. The Morgan fingerprint density at radius 3 is 2.31 bits per heavy atom. The van der Waals surface area contributed by atoms with E-state index >= 15 is 0 Å². The Bertz CT molecular complexity index is 1080. The Balaban J connectivity index is 1.21. The van der Waals surface area contributed by atoms with Crippen LogP contribution < -0.4 is 14.5 Å². The summed E-state index contributed by atoms with van der Waals surface area (Å²) in [5.41, 5.74) is 3.23. The highest BCUT2D eigenvalue weighted by Crippen LogP contribution is 2.26. The SMILES string of the molecule is CCN(CC)c1ccc(-c2nnc(SCCC(=O)N3CCN(c4ccc(OC)cc4)CC3)o2)cc1. The van der Waals surface area contributed by atoms with Crippen LogP contribution in [0.1, 0.15) is 20.3 Å². The van der Waals surface area contributed by atoms with E-state index in [9.17, 15) is 4.79 Å². The molecule has 35 heavy (non-hydrogen) atoms. The molecule has 9 heteroatoms. The van der Waals surface area contributed by atoms with E-state index in [1.807, 2.05) is 29.2 Å². The highest BCUT2D eigenvalue weighted by molar-refractivity contribution is 7.99. The molecule has 0 saturated carbocycles. The number of carbonyl (C=O) groups is 1. The molecule has 3 aromatic rings. The number of amides is 1. The van der Waals surface area contributed by atoms with E-state index in [-0.39, 0.29) is 5.91 Å². The monoisotopic (exact) mass is 495 g/mol. The molecule has 8 nitrogen and oxygen atoms in total. The van der Waals surface area contributed by atoms with Crippen LogP contribution in [0.4, 0.5) is 11.4 Å². The van der Waals surface area contributed by atoms with Gasteiger partial charge in [-0.25, -0.2) is 0 Å². The minimum Gasteiger partial charge on any atom is -0.497 e. The fourth-order valence-corrected chi connectivity index (χ4v) is 4.87. The summed E-state index contributed by atoms with van der Waals surface area (Å²) in [6.45, 7) is 9.32. The highest BCUT2D eigenvalue weighted by Gasteiger charge is 2.21. The van der Waals surface area contributed by atoms with Crippen molar-refractivity contribution in [1.82, 2.24) is 15.1 Å². The summed E-state index contributed by atoms with van der Waals surface area (Å²) >= 11 is 1.43. The van der Waals surface area contributed by atoms with Gasteiger partial charge >= 0.3 is 0 Å². The van der Waals surface area contributed by atoms with Gasteiger partial charge in [0.2, 0.25) is 11.8 Å². The standard InChI is InChI=1S/C26H33N5O3S/c1-4-29(5-2)21-8-6-20(7-9-21)25-27-28-26(34-25)35-19-14-24(32)31-17-15-30(16-18-31)22-10-12-23(33-3)13-11-22/h6-13H,4-5,14-19H2,1-3H3. The predicted molar refractivity (Wildman–Crippen MR) is 140 cm³/mol. The number of nitrogens with zero attached hydrogens (tertiary/aromatic N) is 5. The first kappa shape index (κ1) is 24.9. The van der Waals surface area contributed by atoms with Crippen molar-refractivity contribution >= 4 is 29.0 Å². The van der Waals surface area contributed by atoms with Crippen LogP contribution >= 0.6 is 11.8 Å². The number of hydrogen-bond acceptors (Lipinski definition) is 8. The van der Waals surface area contributed by atoms with Gasteiger partial charge in [-0.05, 0) is 62.4 Å². The summed E-state index contributed by atoms with van der Waals surface area (Å²) in [4.78, 5) is 19.2. The van der Waals surface area contributed by atoms with Gasteiger partial charge in [0.1, 0.15) is 5.75 Å². The van der Waals surface area contributed by atoms with Crippen molar-refractivity contribution in [3.05, 3.63) is 48.5 Å². The summed E-state index contributed by atoms with van der Waals surface area (Å²) < 4.78 is 11.0. The van der Waals surface area contributed by atoms with Crippen molar-refractivity contribution in [2.75, 3.05) is 61.9 Å². The van der Waals surface area contributed by atoms with Crippen molar-refractivity contribution in [2.45, 2.75) is 25.5 Å². The molecule has 1 fully saturated rings. The predicted octanol–water partition coefficient (Wildman–Crippen LogP) is 4.42. The summed E-state index contributed by atoms with van der Waals surface area (Å²) in [7, 11) is 1.67. The Morgan fingerprint density at radius 1 is 1.00 bits per heavy atom. The fraction of sp³-hybridized carbons (Fsp3) is 0.423. The molecule has 4 rings (SSSR count). The van der Waals surface area contributed by atoms with Crippen LogP contribution in [0.3, 0.4) is 0 Å². The Labute approximate surface area is 211 Å². The van der Waals surface area contributed by atoms with Gasteiger partial charge in [0.25, 0.3) is 5.22 Å². The molecule has 1 aromatic heterocycles. The number of carbonyl (C=O) groups excluding carboxylic acids is 1. The van der Waals surface area contributed by atoms with Crippen LogP contribution in [0.15, 0.2) is 58.2 Å². The maximum absolute atomic E-state index is 12.7. The highest BCUT2D eigenvalue weighted by atomic mass is 32.2. The zero-order valence-electron chi connectivity index (χ0n) is 20.6. The van der Waals surface area contributed by atoms with Gasteiger partial charge in [0, 0.05) is 68.4 Å². The molecule has 0 aliphatic carbocycles. The van der Waals surface area contributed by atoms with Crippen molar-refractivity contribution in [2.24, 2.45) is 0 Å². The third-order valence-electron chi connectivity index (χ3n) is 6.26. The molecule has 186 valence electrons. The quantitative estimate of drug-likeness (QED) is 0.383. The normalized spacial score (nSPS) is 13.7. The van der Waals surface area contributed by atoms with Crippen LogP contribution in [-0.2, 0) is 4.79 Å². The lowest BCUT2D eigenvalue weighted by molar-refractivity contribution is -0.131. The second-order valence-electron chi connectivity index (χ2n) is 8.26. The van der Waals surface area contributed by atoms with Crippen LogP contribution in [0.25, 0.3) is 11.5 Å². The van der Waals surface area contributed by atoms with Gasteiger partial charge in [-0.1, -0.05) is 11.8 Å². The van der Waals surface area contributed by atoms with Crippen molar-refractivity contribution < 1.29 is 13.9 Å². The van der Waals surface area contributed by atoms with E-state index in [0.29, 0.717) is 23.3 Å². The average Bonchev–Trinajstić information content (AvgIpc) is 3.39. The van der Waals surface area contributed by atoms with Crippen molar-refractivity contribution in [3.63, 3.8) is 0 Å². The smallest absolute Gasteiger partial charge is 0.276 e. The molecule has 2 heterocycles. The number of piperazine rings is 1. The van der Waals surface area contributed by atoms with Crippen LogP contribution in [0.2, 0.25) is 0 Å². The van der Waals surface area contributed by atoms with E-state index in [0.717, 1.165) is 56.3 Å². The van der Waals surface area contributed by atoms with E-state index in [1.54, 1.807) is 7.11 Å². The number of rotatable bonds is 10. The Kier molecular flexibility index (Phi) is 8.52. The number of benzene rings is 2. The summed E-state index contributed by atoms with van der Waals surface area (Å²) in [6, 6.07) is 16.2. The maximum Gasteiger partial charge on any atom is 0.276 e. The zero-order valence-corrected chi connectivity index (χ0v) is 21.5. The molecule has 0 N–H and O–H groups in total. The number of hydrogen-bond donors (Lipinski definition) is 0. The summed E-state index contributed by atoms with van der Waals surface area (Å²) in [5, 5.41) is 8.81. The average molecular weight is 496 g/mol. The van der Waals surface area contributed by atoms with Gasteiger partial charge in [0.15, 0.2) is 0 Å². The molecule has 1 saturated heterocycles. The minimum absolute atomic E-state index is 0.165. The molecule has 2 aromatic carbocycles. The molecule has 0 spiro atoms. The third kappa shape index (κ3) is 6.28. The molecule has 0 bridgehead atoms. The molecule has 1 aliphatic heterocycles. The first-order valence-electron chi connectivity index (χ1n) is 12.1. The summed E-state index contributed by atoms with van der Waals surface area (Å²) in [5.74, 6) is 2.12. The number of methoxy groups -OCH3 is 1. The van der Waals surface area contributed by atoms with Crippen molar-refractivity contribution in [3.8, 4) is 17.2 Å². The summed E-state index contributed by atoms with van der Waals surface area (Å²) in [6.07, 6.45) is 0.448. The number of aromatic nitrogens is 2. The number of ether oxygens (including phenoxy) is 1. The Hall–Kier alpha value is -3.20. The third-order valence-corrected chi connectivity index (χ3v) is 7.08. The van der Waals surface area contributed by atoms with E-state index < -0.39 is 0 Å². The van der Waals surface area contributed by atoms with E-state index in [4.69, 9.17) is 9.15 Å². The fourth-order valence-electron chi connectivity index (χ4n) is 4.18. The first-order valence-corrected chi connectivity index (χ1v) is 13.1. The molecular weight excluding hydrogens is 462 g/mol. The lowest BCUT2D eigenvalue weighted by atomic mass is 10.2. The van der Waals surface area contributed by atoms with Crippen LogP contribution in [0, 0.1) is 0 Å². The topological polar surface area (TPSA) is 74.9 Å². The number of thioether (sulfide) groups is 1. The van der Waals surface area contributed by atoms with Crippen LogP contribution in [-0.4, -0.2) is 73.1 Å². The van der Waals surface area contributed by atoms with Gasteiger partial charge in [-0.3, -0.25) is 4.79 Å².